The fraction of sp³-hybridized carbons (Fsp3) is 0.400. The second-order valence-electron chi connectivity index (χ2n) is 4.73. The molecule has 1 amide bonds. The van der Waals surface area contributed by atoms with E-state index in [1.54, 1.807) is 24.2 Å². The predicted octanol–water partition coefficient (Wildman–Crippen LogP) is 1.55. The number of aliphatic hydroxyl groups is 1. The Morgan fingerprint density at radius 1 is 1.58 bits per heavy atom. The molecule has 0 bridgehead atoms. The molecule has 1 unspecified atom stereocenters. The lowest BCUT2D eigenvalue weighted by Gasteiger charge is -2.13. The molecule has 1 heterocycles. The highest BCUT2D eigenvalue weighted by atomic mass is 16.5. The molecule has 1 aromatic carbocycles. The standard InChI is InChI=1S/C15H19NO3/c1-19-14-4-2-3-12(9-14)5-6-15(18)16-8-7-13(10-16)11-17/h2-6,9,13,17H,7-8,10-11H2,1H3. The zero-order valence-corrected chi connectivity index (χ0v) is 11.1. The molecule has 1 aliphatic rings. The third kappa shape index (κ3) is 3.58. The first-order valence-corrected chi connectivity index (χ1v) is 6.45. The highest BCUT2D eigenvalue weighted by Gasteiger charge is 2.23. The minimum absolute atomic E-state index is 0.00114. The summed E-state index contributed by atoms with van der Waals surface area (Å²) in [6.45, 7) is 1.54. The van der Waals surface area contributed by atoms with Gasteiger partial charge in [0, 0.05) is 31.7 Å². The number of hydrogen-bond donors (Lipinski definition) is 1. The van der Waals surface area contributed by atoms with Gasteiger partial charge in [-0.2, -0.15) is 0 Å². The van der Waals surface area contributed by atoms with Crippen LogP contribution in [0.1, 0.15) is 12.0 Å². The Hall–Kier alpha value is -1.81. The first kappa shape index (κ1) is 13.6. The van der Waals surface area contributed by atoms with Gasteiger partial charge in [0.2, 0.25) is 5.91 Å². The van der Waals surface area contributed by atoms with Crippen molar-refractivity contribution in [2.75, 3.05) is 26.8 Å². The van der Waals surface area contributed by atoms with Crippen LogP contribution in [-0.4, -0.2) is 42.7 Å². The summed E-state index contributed by atoms with van der Waals surface area (Å²) in [5.41, 5.74) is 0.936. The summed E-state index contributed by atoms with van der Waals surface area (Å²) < 4.78 is 5.13. The molecule has 4 heteroatoms. The van der Waals surface area contributed by atoms with Crippen LogP contribution in [0.2, 0.25) is 0 Å². The van der Waals surface area contributed by atoms with Crippen LogP contribution in [0.4, 0.5) is 0 Å². The van der Waals surface area contributed by atoms with Crippen molar-refractivity contribution in [3.05, 3.63) is 35.9 Å². The predicted molar refractivity (Wildman–Crippen MR) is 73.8 cm³/mol. The van der Waals surface area contributed by atoms with Crippen LogP contribution in [0.15, 0.2) is 30.3 Å². The van der Waals surface area contributed by atoms with Crippen molar-refractivity contribution >= 4 is 12.0 Å². The van der Waals surface area contributed by atoms with Gasteiger partial charge in [-0.15, -0.1) is 0 Å². The molecule has 1 saturated heterocycles. The molecular weight excluding hydrogens is 242 g/mol. The van der Waals surface area contributed by atoms with Gasteiger partial charge in [-0.1, -0.05) is 12.1 Å². The second-order valence-corrected chi connectivity index (χ2v) is 4.73. The second kappa shape index (κ2) is 6.38. The van der Waals surface area contributed by atoms with Crippen molar-refractivity contribution in [1.82, 2.24) is 4.90 Å². The highest BCUT2D eigenvalue weighted by Crippen LogP contribution is 2.17. The molecule has 2 rings (SSSR count). The third-order valence-electron chi connectivity index (χ3n) is 3.37. The summed E-state index contributed by atoms with van der Waals surface area (Å²) >= 11 is 0. The van der Waals surface area contributed by atoms with Crippen LogP contribution >= 0.6 is 0 Å². The van der Waals surface area contributed by atoms with Crippen molar-refractivity contribution in [3.8, 4) is 5.75 Å². The van der Waals surface area contributed by atoms with Crippen LogP contribution in [-0.2, 0) is 4.79 Å². The van der Waals surface area contributed by atoms with Gasteiger partial charge in [0.05, 0.1) is 7.11 Å². The van der Waals surface area contributed by atoms with Crippen LogP contribution in [0.25, 0.3) is 6.08 Å². The van der Waals surface area contributed by atoms with Crippen LogP contribution in [0.5, 0.6) is 5.75 Å². The SMILES string of the molecule is COc1cccc(C=CC(=O)N2CCC(CO)C2)c1. The molecule has 1 atom stereocenters. The smallest absolute Gasteiger partial charge is 0.246 e. The molecular formula is C15H19NO3. The fourth-order valence-electron chi connectivity index (χ4n) is 2.20. The van der Waals surface area contributed by atoms with Crippen molar-refractivity contribution < 1.29 is 14.6 Å². The van der Waals surface area contributed by atoms with E-state index in [0.29, 0.717) is 6.54 Å². The van der Waals surface area contributed by atoms with Gasteiger partial charge in [0.15, 0.2) is 0 Å². The number of amides is 1. The largest absolute Gasteiger partial charge is 0.497 e. The number of rotatable bonds is 4. The Morgan fingerprint density at radius 2 is 2.42 bits per heavy atom. The maximum atomic E-state index is 12.0. The lowest BCUT2D eigenvalue weighted by atomic mass is 10.1. The monoisotopic (exact) mass is 261 g/mol. The average molecular weight is 261 g/mol. The fourth-order valence-corrected chi connectivity index (χ4v) is 2.20. The zero-order valence-electron chi connectivity index (χ0n) is 11.1. The third-order valence-corrected chi connectivity index (χ3v) is 3.37. The average Bonchev–Trinajstić information content (AvgIpc) is 2.94. The van der Waals surface area contributed by atoms with Gasteiger partial charge >= 0.3 is 0 Å². The van der Waals surface area contributed by atoms with E-state index in [9.17, 15) is 4.79 Å². The van der Waals surface area contributed by atoms with Crippen LogP contribution in [0, 0.1) is 5.92 Å². The number of benzene rings is 1. The maximum Gasteiger partial charge on any atom is 0.246 e. The highest BCUT2D eigenvalue weighted by molar-refractivity contribution is 5.92. The van der Waals surface area contributed by atoms with E-state index in [-0.39, 0.29) is 18.4 Å². The molecule has 1 N–H and O–H groups in total. The number of carbonyl (C=O) groups excluding carboxylic acids is 1. The van der Waals surface area contributed by atoms with Crippen molar-refractivity contribution in [3.63, 3.8) is 0 Å². The number of likely N-dealkylation sites (tertiary alicyclic amines) is 1. The molecule has 1 fully saturated rings. The van der Waals surface area contributed by atoms with E-state index in [2.05, 4.69) is 0 Å². The van der Waals surface area contributed by atoms with E-state index in [1.165, 1.54) is 0 Å². The zero-order chi connectivity index (χ0) is 13.7. The normalized spacial score (nSPS) is 19.1. The molecule has 102 valence electrons. The van der Waals surface area contributed by atoms with Crippen LogP contribution in [0.3, 0.4) is 0 Å². The Kier molecular flexibility index (Phi) is 4.58. The summed E-state index contributed by atoms with van der Waals surface area (Å²) in [7, 11) is 1.62. The molecule has 0 saturated carbocycles. The Morgan fingerprint density at radius 3 is 3.11 bits per heavy atom. The summed E-state index contributed by atoms with van der Waals surface area (Å²) in [5.74, 6) is 1.00. The number of ether oxygens (including phenoxy) is 1. The number of carbonyl (C=O) groups is 1. The molecule has 4 nitrogen and oxygen atoms in total. The van der Waals surface area contributed by atoms with Gasteiger partial charge < -0.3 is 14.7 Å². The first-order valence-electron chi connectivity index (χ1n) is 6.45. The Balaban J connectivity index is 1.96. The number of methoxy groups -OCH3 is 1. The van der Waals surface area contributed by atoms with Crippen molar-refractivity contribution in [2.45, 2.75) is 6.42 Å². The molecule has 0 aliphatic carbocycles. The molecule has 0 aromatic heterocycles. The van der Waals surface area contributed by atoms with Gasteiger partial charge in [0.25, 0.3) is 0 Å². The Bertz CT molecular complexity index is 470. The molecule has 0 radical (unpaired) electrons. The topological polar surface area (TPSA) is 49.8 Å². The molecule has 1 aromatic rings. The molecule has 1 aliphatic heterocycles. The van der Waals surface area contributed by atoms with E-state index in [4.69, 9.17) is 9.84 Å². The minimum Gasteiger partial charge on any atom is -0.497 e. The van der Waals surface area contributed by atoms with Crippen LogP contribution < -0.4 is 4.74 Å². The van der Waals surface area contributed by atoms with Crippen molar-refractivity contribution in [1.29, 1.82) is 0 Å². The van der Waals surface area contributed by atoms with Gasteiger partial charge in [-0.3, -0.25) is 4.79 Å². The number of hydrogen-bond acceptors (Lipinski definition) is 3. The summed E-state index contributed by atoms with van der Waals surface area (Å²) in [4.78, 5) is 13.7. The van der Waals surface area contributed by atoms with Gasteiger partial charge in [0.1, 0.15) is 5.75 Å². The van der Waals surface area contributed by atoms with E-state index in [1.807, 2.05) is 24.3 Å². The quantitative estimate of drug-likeness (QED) is 0.837. The van der Waals surface area contributed by atoms with Gasteiger partial charge in [-0.05, 0) is 30.2 Å². The molecule has 0 spiro atoms. The van der Waals surface area contributed by atoms with Gasteiger partial charge in [-0.25, -0.2) is 0 Å². The number of aliphatic hydroxyl groups excluding tert-OH is 1. The Labute approximate surface area is 113 Å². The van der Waals surface area contributed by atoms with E-state index in [0.717, 1.165) is 24.3 Å². The van der Waals surface area contributed by atoms with Crippen molar-refractivity contribution in [2.24, 2.45) is 5.92 Å². The lowest BCUT2D eigenvalue weighted by Crippen LogP contribution is -2.27. The molecule has 19 heavy (non-hydrogen) atoms. The summed E-state index contributed by atoms with van der Waals surface area (Å²) in [6, 6.07) is 7.56. The van der Waals surface area contributed by atoms with E-state index >= 15 is 0 Å². The summed E-state index contributed by atoms with van der Waals surface area (Å²) in [5, 5.41) is 9.06. The first-order chi connectivity index (χ1) is 9.22. The van der Waals surface area contributed by atoms with E-state index < -0.39 is 0 Å². The summed E-state index contributed by atoms with van der Waals surface area (Å²) in [6.07, 6.45) is 4.25. The minimum atomic E-state index is -0.00114. The lowest BCUT2D eigenvalue weighted by molar-refractivity contribution is -0.125. The number of nitrogens with zero attached hydrogens (tertiary/aromatic N) is 1. The maximum absolute atomic E-state index is 12.0.